The van der Waals surface area contributed by atoms with E-state index < -0.39 is 9.84 Å². The van der Waals surface area contributed by atoms with Crippen LogP contribution in [0.1, 0.15) is 30.0 Å². The maximum Gasteiger partial charge on any atom is 0.191 e. The van der Waals surface area contributed by atoms with Crippen LogP contribution in [-0.2, 0) is 22.1 Å². The first kappa shape index (κ1) is 21.0. The van der Waals surface area contributed by atoms with Crippen molar-refractivity contribution in [1.29, 1.82) is 0 Å². The summed E-state index contributed by atoms with van der Waals surface area (Å²) in [6.45, 7) is 5.98. The molecule has 0 fully saturated rings. The van der Waals surface area contributed by atoms with E-state index in [4.69, 9.17) is 0 Å². The van der Waals surface area contributed by atoms with E-state index in [2.05, 4.69) is 40.7 Å². The van der Waals surface area contributed by atoms with Gasteiger partial charge in [-0.05, 0) is 31.4 Å². The Balaban J connectivity index is 1.80. The zero-order valence-electron chi connectivity index (χ0n) is 16.1. The van der Waals surface area contributed by atoms with Crippen LogP contribution in [0.25, 0.3) is 0 Å². The molecule has 5 nitrogen and oxygen atoms in total. The summed E-state index contributed by atoms with van der Waals surface area (Å²) < 4.78 is 24.5. The van der Waals surface area contributed by atoms with E-state index in [0.29, 0.717) is 25.5 Å². The van der Waals surface area contributed by atoms with Crippen molar-refractivity contribution >= 4 is 15.8 Å². The summed E-state index contributed by atoms with van der Waals surface area (Å²) in [5, 5.41) is 6.41. The minimum atomic E-state index is -3.11. The number of nitrogens with one attached hydrogen (secondary N) is 2. The highest BCUT2D eigenvalue weighted by Crippen LogP contribution is 2.07. The van der Waals surface area contributed by atoms with E-state index >= 15 is 0 Å². The predicted molar refractivity (Wildman–Crippen MR) is 113 cm³/mol. The minimum absolute atomic E-state index is 0.0926. The van der Waals surface area contributed by atoms with Crippen LogP contribution in [-0.4, -0.2) is 33.2 Å². The van der Waals surface area contributed by atoms with E-state index in [1.54, 1.807) is 0 Å². The number of nitrogens with zero attached hydrogens (tertiary/aromatic N) is 1. The van der Waals surface area contributed by atoms with Gasteiger partial charge in [-0.2, -0.15) is 0 Å². The highest BCUT2D eigenvalue weighted by molar-refractivity contribution is 7.90. The summed E-state index contributed by atoms with van der Waals surface area (Å²) in [5.74, 6) is 0.959. The van der Waals surface area contributed by atoms with Gasteiger partial charge in [0.2, 0.25) is 0 Å². The molecule has 2 rings (SSSR count). The van der Waals surface area contributed by atoms with Crippen molar-refractivity contribution < 1.29 is 8.42 Å². The molecule has 0 aliphatic rings. The molecule has 0 saturated heterocycles. The molecule has 0 heterocycles. The second-order valence-electron chi connectivity index (χ2n) is 6.54. The van der Waals surface area contributed by atoms with Crippen molar-refractivity contribution in [2.24, 2.45) is 4.99 Å². The van der Waals surface area contributed by atoms with Gasteiger partial charge < -0.3 is 10.6 Å². The Bertz CT molecular complexity index is 834. The summed E-state index contributed by atoms with van der Waals surface area (Å²) in [6.07, 6.45) is 0.546. The SMILES string of the molecule is CCNC(=NCc1cccc(C)c1)NCCCS(=O)(=O)Cc1ccccc1. The summed E-state index contributed by atoms with van der Waals surface area (Å²) in [5.41, 5.74) is 3.19. The highest BCUT2D eigenvalue weighted by atomic mass is 32.2. The van der Waals surface area contributed by atoms with Crippen LogP contribution in [0, 0.1) is 6.92 Å². The minimum Gasteiger partial charge on any atom is -0.357 e. The first-order chi connectivity index (χ1) is 13.0. The van der Waals surface area contributed by atoms with Crippen LogP contribution in [0.3, 0.4) is 0 Å². The van der Waals surface area contributed by atoms with Crippen LogP contribution in [0.2, 0.25) is 0 Å². The fourth-order valence-electron chi connectivity index (χ4n) is 2.72. The van der Waals surface area contributed by atoms with E-state index in [0.717, 1.165) is 17.7 Å². The van der Waals surface area contributed by atoms with Crippen LogP contribution >= 0.6 is 0 Å². The maximum absolute atomic E-state index is 12.2. The summed E-state index contributed by atoms with van der Waals surface area (Å²) >= 11 is 0. The Labute approximate surface area is 162 Å². The molecule has 2 aromatic rings. The molecule has 0 unspecified atom stereocenters. The fraction of sp³-hybridized carbons (Fsp3) is 0.381. The summed E-state index contributed by atoms with van der Waals surface area (Å²) in [6, 6.07) is 17.6. The van der Waals surface area contributed by atoms with Gasteiger partial charge in [0, 0.05) is 13.1 Å². The van der Waals surface area contributed by atoms with E-state index in [9.17, 15) is 8.42 Å². The fourth-order valence-corrected chi connectivity index (χ4v) is 4.15. The lowest BCUT2D eigenvalue weighted by Crippen LogP contribution is -2.38. The normalized spacial score (nSPS) is 12.0. The molecule has 0 aromatic heterocycles. The first-order valence-corrected chi connectivity index (χ1v) is 11.1. The third kappa shape index (κ3) is 8.26. The molecule has 0 spiro atoms. The second kappa shape index (κ2) is 10.7. The Hall–Kier alpha value is -2.34. The van der Waals surface area contributed by atoms with Gasteiger partial charge in [0.15, 0.2) is 15.8 Å². The van der Waals surface area contributed by atoms with Gasteiger partial charge in [-0.3, -0.25) is 0 Å². The number of hydrogen-bond donors (Lipinski definition) is 2. The number of sulfone groups is 1. The molecule has 146 valence electrons. The van der Waals surface area contributed by atoms with Gasteiger partial charge in [0.25, 0.3) is 0 Å². The smallest absolute Gasteiger partial charge is 0.191 e. The Morgan fingerprint density at radius 2 is 1.74 bits per heavy atom. The summed E-state index contributed by atoms with van der Waals surface area (Å²) in [4.78, 5) is 4.57. The molecule has 0 radical (unpaired) electrons. The Morgan fingerprint density at radius 3 is 2.44 bits per heavy atom. The predicted octanol–water partition coefficient (Wildman–Crippen LogP) is 3.06. The quantitative estimate of drug-likeness (QED) is 0.394. The van der Waals surface area contributed by atoms with Gasteiger partial charge >= 0.3 is 0 Å². The number of guanidine groups is 1. The van der Waals surface area contributed by atoms with Crippen LogP contribution < -0.4 is 10.6 Å². The van der Waals surface area contributed by atoms with E-state index in [-0.39, 0.29) is 11.5 Å². The number of aliphatic imine (C=N–C) groups is 1. The number of benzene rings is 2. The van der Waals surface area contributed by atoms with Gasteiger partial charge in [-0.15, -0.1) is 0 Å². The van der Waals surface area contributed by atoms with E-state index in [1.807, 2.05) is 43.3 Å². The van der Waals surface area contributed by atoms with Crippen molar-refractivity contribution in [3.05, 3.63) is 71.3 Å². The largest absolute Gasteiger partial charge is 0.357 e. The van der Waals surface area contributed by atoms with Gasteiger partial charge in [0.1, 0.15) is 0 Å². The maximum atomic E-state index is 12.2. The van der Waals surface area contributed by atoms with E-state index in [1.165, 1.54) is 5.56 Å². The van der Waals surface area contributed by atoms with Gasteiger partial charge in [-0.1, -0.05) is 60.2 Å². The highest BCUT2D eigenvalue weighted by Gasteiger charge is 2.11. The molecule has 0 aliphatic heterocycles. The third-order valence-corrected chi connectivity index (χ3v) is 5.68. The molecular weight excluding hydrogens is 358 g/mol. The van der Waals surface area contributed by atoms with Crippen LogP contribution in [0.15, 0.2) is 59.6 Å². The number of rotatable bonds is 9. The first-order valence-electron chi connectivity index (χ1n) is 9.30. The molecule has 0 amide bonds. The Kier molecular flexibility index (Phi) is 8.33. The molecular formula is C21H29N3O2S. The van der Waals surface area contributed by atoms with Crippen LogP contribution in [0.5, 0.6) is 0 Å². The lowest BCUT2D eigenvalue weighted by Gasteiger charge is -2.11. The molecule has 0 bridgehead atoms. The molecule has 0 aliphatic carbocycles. The average Bonchev–Trinajstić information content (AvgIpc) is 2.63. The van der Waals surface area contributed by atoms with Crippen LogP contribution in [0.4, 0.5) is 0 Å². The second-order valence-corrected chi connectivity index (χ2v) is 8.73. The standard InChI is InChI=1S/C21H29N3O2S/c1-3-22-21(24-16-20-12-7-9-18(2)15-20)23-13-8-14-27(25,26)17-19-10-5-4-6-11-19/h4-7,9-12,15H,3,8,13-14,16-17H2,1-2H3,(H2,22,23,24). The molecule has 0 atom stereocenters. The lowest BCUT2D eigenvalue weighted by atomic mass is 10.1. The summed E-state index contributed by atoms with van der Waals surface area (Å²) in [7, 11) is -3.11. The van der Waals surface area contributed by atoms with Gasteiger partial charge in [-0.25, -0.2) is 13.4 Å². The molecule has 2 aromatic carbocycles. The lowest BCUT2D eigenvalue weighted by molar-refractivity contribution is 0.591. The molecule has 27 heavy (non-hydrogen) atoms. The molecule has 0 saturated carbocycles. The monoisotopic (exact) mass is 387 g/mol. The van der Waals surface area contributed by atoms with Crippen molar-refractivity contribution in [2.45, 2.75) is 32.6 Å². The number of aryl methyl sites for hydroxylation is 1. The molecule has 2 N–H and O–H groups in total. The number of hydrogen-bond acceptors (Lipinski definition) is 3. The Morgan fingerprint density at radius 1 is 1.00 bits per heavy atom. The van der Waals surface area contributed by atoms with Crippen molar-refractivity contribution in [3.8, 4) is 0 Å². The zero-order chi connectivity index (χ0) is 19.5. The van der Waals surface area contributed by atoms with Crippen molar-refractivity contribution in [3.63, 3.8) is 0 Å². The van der Waals surface area contributed by atoms with Crippen molar-refractivity contribution in [1.82, 2.24) is 10.6 Å². The zero-order valence-corrected chi connectivity index (χ0v) is 16.9. The topological polar surface area (TPSA) is 70.6 Å². The van der Waals surface area contributed by atoms with Gasteiger partial charge in [0.05, 0.1) is 18.1 Å². The molecule has 6 heteroatoms. The van der Waals surface area contributed by atoms with Crippen molar-refractivity contribution in [2.75, 3.05) is 18.8 Å². The third-order valence-electron chi connectivity index (χ3n) is 4.00. The average molecular weight is 388 g/mol.